The molecule has 1 aliphatic rings. The lowest BCUT2D eigenvalue weighted by Crippen LogP contribution is -2.34. The minimum absolute atomic E-state index is 0.172. The smallest absolute Gasteiger partial charge is 0.263 e. The van der Waals surface area contributed by atoms with Crippen LogP contribution in [0.4, 0.5) is 0 Å². The maximum Gasteiger partial charge on any atom is 0.263 e. The van der Waals surface area contributed by atoms with Crippen molar-refractivity contribution in [2.75, 3.05) is 13.3 Å². The Balaban J connectivity index is 1.44. The van der Waals surface area contributed by atoms with Crippen LogP contribution in [0.15, 0.2) is 58.1 Å². The number of carbonyl (C=O) groups is 1. The molecule has 0 atom stereocenters. The third-order valence-electron chi connectivity index (χ3n) is 4.86. The SMILES string of the molecule is Cc1ccn(Cc2ccc3c(c2)OCO3)c(=O)c1C(=O)NCCCc1ccco1. The maximum absolute atomic E-state index is 12.9. The number of aromatic nitrogens is 1. The van der Waals surface area contributed by atoms with Crippen LogP contribution in [0.5, 0.6) is 11.5 Å². The van der Waals surface area contributed by atoms with Gasteiger partial charge < -0.3 is 23.8 Å². The zero-order valence-corrected chi connectivity index (χ0v) is 16.1. The Morgan fingerprint density at radius 1 is 1.17 bits per heavy atom. The van der Waals surface area contributed by atoms with Crippen molar-refractivity contribution in [1.29, 1.82) is 0 Å². The molecule has 3 aromatic rings. The monoisotopic (exact) mass is 394 g/mol. The van der Waals surface area contributed by atoms with E-state index in [1.54, 1.807) is 25.5 Å². The van der Waals surface area contributed by atoms with Crippen molar-refractivity contribution < 1.29 is 18.7 Å². The number of furan rings is 1. The molecule has 1 amide bonds. The van der Waals surface area contributed by atoms with Crippen LogP contribution in [0.2, 0.25) is 0 Å². The third kappa shape index (κ3) is 4.18. The molecule has 7 heteroatoms. The van der Waals surface area contributed by atoms with Crippen molar-refractivity contribution in [1.82, 2.24) is 9.88 Å². The molecule has 0 bridgehead atoms. The largest absolute Gasteiger partial charge is 0.469 e. The number of pyridine rings is 1. The number of nitrogens with zero attached hydrogens (tertiary/aromatic N) is 1. The molecule has 4 rings (SSSR count). The second-order valence-electron chi connectivity index (χ2n) is 6.93. The van der Waals surface area contributed by atoms with Crippen molar-refractivity contribution in [3.63, 3.8) is 0 Å². The summed E-state index contributed by atoms with van der Waals surface area (Å²) in [5.74, 6) is 1.88. The van der Waals surface area contributed by atoms with Gasteiger partial charge in [0.25, 0.3) is 11.5 Å². The van der Waals surface area contributed by atoms with E-state index in [0.29, 0.717) is 30.2 Å². The van der Waals surface area contributed by atoms with E-state index >= 15 is 0 Å². The summed E-state index contributed by atoms with van der Waals surface area (Å²) >= 11 is 0. The van der Waals surface area contributed by atoms with Gasteiger partial charge in [0, 0.05) is 19.2 Å². The fourth-order valence-corrected chi connectivity index (χ4v) is 3.31. The lowest BCUT2D eigenvalue weighted by molar-refractivity contribution is 0.0950. The zero-order valence-electron chi connectivity index (χ0n) is 16.1. The molecule has 0 saturated heterocycles. The van der Waals surface area contributed by atoms with Crippen LogP contribution >= 0.6 is 0 Å². The van der Waals surface area contributed by atoms with Crippen LogP contribution in [0.25, 0.3) is 0 Å². The van der Waals surface area contributed by atoms with Gasteiger partial charge in [-0.25, -0.2) is 0 Å². The summed E-state index contributed by atoms with van der Waals surface area (Å²) in [6.45, 7) is 2.78. The van der Waals surface area contributed by atoms with Crippen LogP contribution in [0.3, 0.4) is 0 Å². The quantitative estimate of drug-likeness (QED) is 0.623. The summed E-state index contributed by atoms with van der Waals surface area (Å²) in [6, 6.07) is 11.1. The summed E-state index contributed by atoms with van der Waals surface area (Å²) in [5, 5.41) is 2.84. The number of nitrogens with one attached hydrogen (secondary N) is 1. The van der Waals surface area contributed by atoms with Gasteiger partial charge in [-0.2, -0.15) is 0 Å². The molecule has 0 radical (unpaired) electrons. The second kappa shape index (κ2) is 8.26. The second-order valence-corrected chi connectivity index (χ2v) is 6.93. The average molecular weight is 394 g/mol. The van der Waals surface area contributed by atoms with E-state index in [1.165, 1.54) is 4.57 Å². The first-order chi connectivity index (χ1) is 14.1. The number of hydrogen-bond acceptors (Lipinski definition) is 5. The molecular weight excluding hydrogens is 372 g/mol. The first-order valence-electron chi connectivity index (χ1n) is 9.51. The number of rotatable bonds is 7. The molecule has 0 unspecified atom stereocenters. The maximum atomic E-state index is 12.9. The fraction of sp³-hybridized carbons (Fsp3) is 0.273. The predicted octanol–water partition coefficient (Wildman–Crippen LogP) is 2.89. The van der Waals surface area contributed by atoms with Gasteiger partial charge in [-0.3, -0.25) is 9.59 Å². The van der Waals surface area contributed by atoms with Crippen molar-refractivity contribution in [3.8, 4) is 11.5 Å². The first kappa shape index (κ1) is 18.9. The Labute approximate surface area is 167 Å². The molecule has 3 heterocycles. The topological polar surface area (TPSA) is 82.7 Å². The van der Waals surface area contributed by atoms with Crippen LogP contribution in [0, 0.1) is 6.92 Å². The van der Waals surface area contributed by atoms with Crippen molar-refractivity contribution in [2.45, 2.75) is 26.3 Å². The van der Waals surface area contributed by atoms with Gasteiger partial charge in [-0.15, -0.1) is 0 Å². The standard InChI is InChI=1S/C22H22N2O5/c1-15-8-10-24(13-16-6-7-18-19(12-16)29-14-28-18)22(26)20(15)21(25)23-9-2-4-17-5-3-11-27-17/h3,5-8,10-12H,2,4,9,13-14H2,1H3,(H,23,25). The summed E-state index contributed by atoms with van der Waals surface area (Å²) < 4.78 is 17.5. The van der Waals surface area contributed by atoms with Crippen molar-refractivity contribution >= 4 is 5.91 Å². The van der Waals surface area contributed by atoms with Gasteiger partial charge in [-0.05, 0) is 54.8 Å². The highest BCUT2D eigenvalue weighted by Crippen LogP contribution is 2.32. The Bertz CT molecular complexity index is 1070. The molecular formula is C22H22N2O5. The molecule has 1 aliphatic heterocycles. The molecule has 1 aromatic carbocycles. The molecule has 1 N–H and O–H groups in total. The van der Waals surface area contributed by atoms with E-state index in [4.69, 9.17) is 13.9 Å². The van der Waals surface area contributed by atoms with E-state index in [1.807, 2.05) is 30.3 Å². The number of carbonyl (C=O) groups excluding carboxylic acids is 1. The van der Waals surface area contributed by atoms with E-state index in [-0.39, 0.29) is 23.8 Å². The molecule has 29 heavy (non-hydrogen) atoms. The van der Waals surface area contributed by atoms with E-state index in [9.17, 15) is 9.59 Å². The van der Waals surface area contributed by atoms with E-state index < -0.39 is 0 Å². The lowest BCUT2D eigenvalue weighted by atomic mass is 10.1. The fourth-order valence-electron chi connectivity index (χ4n) is 3.31. The van der Waals surface area contributed by atoms with Gasteiger partial charge in [0.15, 0.2) is 11.5 Å². The van der Waals surface area contributed by atoms with Crippen LogP contribution in [-0.2, 0) is 13.0 Å². The number of aryl methyl sites for hydroxylation is 2. The number of hydrogen-bond donors (Lipinski definition) is 1. The van der Waals surface area contributed by atoms with Crippen molar-refractivity contribution in [2.24, 2.45) is 0 Å². The molecule has 150 valence electrons. The van der Waals surface area contributed by atoms with Gasteiger partial charge in [0.1, 0.15) is 11.3 Å². The minimum atomic E-state index is -0.355. The normalized spacial score (nSPS) is 12.2. The van der Waals surface area contributed by atoms with Gasteiger partial charge >= 0.3 is 0 Å². The first-order valence-corrected chi connectivity index (χ1v) is 9.51. The summed E-state index contributed by atoms with van der Waals surface area (Å²) in [6.07, 6.45) is 4.80. The van der Waals surface area contributed by atoms with Crippen LogP contribution in [0.1, 0.15) is 33.7 Å². The summed E-state index contributed by atoms with van der Waals surface area (Å²) in [7, 11) is 0. The number of amides is 1. The minimum Gasteiger partial charge on any atom is -0.469 e. The van der Waals surface area contributed by atoms with Gasteiger partial charge in [0.05, 0.1) is 12.8 Å². The molecule has 7 nitrogen and oxygen atoms in total. The Kier molecular flexibility index (Phi) is 5.37. The highest BCUT2D eigenvalue weighted by Gasteiger charge is 2.17. The molecule has 0 fully saturated rings. The van der Waals surface area contributed by atoms with Crippen molar-refractivity contribution in [3.05, 3.63) is 81.7 Å². The highest BCUT2D eigenvalue weighted by atomic mass is 16.7. The third-order valence-corrected chi connectivity index (χ3v) is 4.86. The Morgan fingerprint density at radius 3 is 2.86 bits per heavy atom. The molecule has 0 spiro atoms. The number of ether oxygens (including phenoxy) is 2. The molecule has 2 aromatic heterocycles. The van der Waals surface area contributed by atoms with E-state index in [0.717, 1.165) is 24.2 Å². The summed E-state index contributed by atoms with van der Waals surface area (Å²) in [5.41, 5.74) is 1.41. The average Bonchev–Trinajstić information content (AvgIpc) is 3.39. The lowest BCUT2D eigenvalue weighted by Gasteiger charge is -2.11. The number of benzene rings is 1. The Morgan fingerprint density at radius 2 is 2.03 bits per heavy atom. The van der Waals surface area contributed by atoms with E-state index in [2.05, 4.69) is 5.32 Å². The summed E-state index contributed by atoms with van der Waals surface area (Å²) in [4.78, 5) is 25.5. The Hall–Kier alpha value is -3.48. The molecule has 0 aliphatic carbocycles. The predicted molar refractivity (Wildman–Crippen MR) is 106 cm³/mol. The van der Waals surface area contributed by atoms with Crippen LogP contribution in [-0.4, -0.2) is 23.8 Å². The molecule has 0 saturated carbocycles. The number of fused-ring (bicyclic) bond motifs is 1. The zero-order chi connectivity index (χ0) is 20.2. The van der Waals surface area contributed by atoms with Gasteiger partial charge in [0.2, 0.25) is 6.79 Å². The van der Waals surface area contributed by atoms with Crippen LogP contribution < -0.4 is 20.3 Å². The van der Waals surface area contributed by atoms with Gasteiger partial charge in [-0.1, -0.05) is 6.07 Å². The highest BCUT2D eigenvalue weighted by molar-refractivity contribution is 5.95.